The van der Waals surface area contributed by atoms with Crippen LogP contribution in [0.5, 0.6) is 0 Å². The Morgan fingerprint density at radius 1 is 1.06 bits per heavy atom. The van der Waals surface area contributed by atoms with Crippen LogP contribution in [0.15, 0.2) is 58.1 Å². The van der Waals surface area contributed by atoms with E-state index in [4.69, 9.17) is 0 Å². The zero-order chi connectivity index (χ0) is 23.0. The average Bonchev–Trinajstić information content (AvgIpc) is 3.08. The number of fused-ring (bicyclic) bond motifs is 1. The molecule has 2 heterocycles. The third kappa shape index (κ3) is 3.87. The van der Waals surface area contributed by atoms with Gasteiger partial charge in [-0.25, -0.2) is 4.79 Å². The molecule has 32 heavy (non-hydrogen) atoms. The van der Waals surface area contributed by atoms with Crippen molar-refractivity contribution in [1.29, 1.82) is 0 Å². The highest BCUT2D eigenvalue weighted by atomic mass is 16.2. The number of aryl methyl sites for hydroxylation is 2. The molecule has 4 rings (SSSR count). The molecular weight excluding hydrogens is 408 g/mol. The maximum atomic E-state index is 12.9. The topological polar surface area (TPSA) is 102 Å². The smallest absolute Gasteiger partial charge is 0.326 e. The summed E-state index contributed by atoms with van der Waals surface area (Å²) in [5, 5.41) is 5.48. The number of benzene rings is 2. The lowest BCUT2D eigenvalue weighted by Crippen LogP contribution is -2.40. The molecule has 0 saturated carbocycles. The molecule has 2 N–H and O–H groups in total. The van der Waals surface area contributed by atoms with Crippen LogP contribution in [0, 0.1) is 13.8 Å². The Kier molecular flexibility index (Phi) is 5.52. The predicted molar refractivity (Wildman–Crippen MR) is 122 cm³/mol. The molecule has 1 aliphatic heterocycles. The molecule has 8 nitrogen and oxygen atoms in total. The summed E-state index contributed by atoms with van der Waals surface area (Å²) < 4.78 is 2.35. The van der Waals surface area contributed by atoms with Gasteiger partial charge < -0.3 is 10.6 Å². The summed E-state index contributed by atoms with van der Waals surface area (Å²) in [6.07, 6.45) is -0.203. The van der Waals surface area contributed by atoms with Crippen molar-refractivity contribution in [2.45, 2.75) is 32.7 Å². The molecule has 8 heteroatoms. The number of carbonyl (C=O) groups is 2. The zero-order valence-corrected chi connectivity index (χ0v) is 18.1. The number of amides is 2. The third-order valence-corrected chi connectivity index (χ3v) is 5.71. The van der Waals surface area contributed by atoms with Crippen molar-refractivity contribution >= 4 is 23.3 Å². The molecule has 0 spiro atoms. The Hall–Kier alpha value is -3.94. The van der Waals surface area contributed by atoms with Gasteiger partial charge in [0.1, 0.15) is 5.82 Å². The fourth-order valence-electron chi connectivity index (χ4n) is 4.02. The number of carbonyl (C=O) groups excluding carboxylic acids is 2. The molecule has 1 aromatic heterocycles. The monoisotopic (exact) mass is 432 g/mol. The maximum absolute atomic E-state index is 12.9. The first-order valence-corrected chi connectivity index (χ1v) is 10.3. The molecule has 1 aliphatic rings. The van der Waals surface area contributed by atoms with Crippen molar-refractivity contribution in [3.63, 3.8) is 0 Å². The second kappa shape index (κ2) is 8.30. The minimum atomic E-state index is -0.975. The molecule has 1 atom stereocenters. The van der Waals surface area contributed by atoms with E-state index in [9.17, 15) is 19.2 Å². The lowest BCUT2D eigenvalue weighted by Gasteiger charge is -2.14. The Morgan fingerprint density at radius 3 is 2.47 bits per heavy atom. The van der Waals surface area contributed by atoms with E-state index in [0.717, 1.165) is 21.3 Å². The highest BCUT2D eigenvalue weighted by molar-refractivity contribution is 6.05. The van der Waals surface area contributed by atoms with Crippen LogP contribution < -0.4 is 21.9 Å². The molecule has 2 aromatic carbocycles. The first-order valence-electron chi connectivity index (χ1n) is 10.3. The van der Waals surface area contributed by atoms with E-state index in [1.165, 1.54) is 11.6 Å². The van der Waals surface area contributed by atoms with Crippen LogP contribution in [-0.4, -0.2) is 20.9 Å². The fourth-order valence-corrected chi connectivity index (χ4v) is 4.02. The summed E-state index contributed by atoms with van der Waals surface area (Å²) in [6, 6.07) is 14.9. The molecule has 164 valence electrons. The van der Waals surface area contributed by atoms with Crippen LogP contribution in [0.4, 0.5) is 11.5 Å². The van der Waals surface area contributed by atoms with E-state index < -0.39 is 23.1 Å². The number of hydrogen-bond donors (Lipinski definition) is 2. The molecule has 0 fully saturated rings. The molecule has 3 aromatic rings. The van der Waals surface area contributed by atoms with Gasteiger partial charge in [-0.1, -0.05) is 48.0 Å². The summed E-state index contributed by atoms with van der Waals surface area (Å²) in [7, 11) is 1.38. The van der Waals surface area contributed by atoms with Gasteiger partial charge in [-0.15, -0.1) is 0 Å². The molecule has 0 bridgehead atoms. The standard InChI is InChI=1S/C24H24N4O4/c1-14-9-10-18(15(2)11-14)25-19(29)12-17-20-21(26-22(17)30)28(24(32)27(3)23(20)31)13-16-7-5-4-6-8-16/h4-11,17H,12-13H2,1-3H3,(H,25,29)(H,26,30)/t17-/m1/s1. The van der Waals surface area contributed by atoms with Gasteiger partial charge in [0.25, 0.3) is 5.56 Å². The van der Waals surface area contributed by atoms with Gasteiger partial charge in [0.05, 0.1) is 18.0 Å². The summed E-state index contributed by atoms with van der Waals surface area (Å²) in [5.41, 5.74) is 2.52. The number of anilines is 2. The number of aromatic nitrogens is 2. The van der Waals surface area contributed by atoms with Gasteiger partial charge in [0, 0.05) is 19.2 Å². The van der Waals surface area contributed by atoms with Crippen molar-refractivity contribution in [1.82, 2.24) is 9.13 Å². The number of hydrogen-bond acceptors (Lipinski definition) is 4. The Labute approximate surface area is 184 Å². The van der Waals surface area contributed by atoms with Crippen LogP contribution >= 0.6 is 0 Å². The lowest BCUT2D eigenvalue weighted by molar-refractivity contribution is -0.122. The van der Waals surface area contributed by atoms with Gasteiger partial charge in [-0.05, 0) is 31.0 Å². The third-order valence-electron chi connectivity index (χ3n) is 5.71. The normalized spacial score (nSPS) is 14.7. The van der Waals surface area contributed by atoms with Crippen LogP contribution in [0.2, 0.25) is 0 Å². The van der Waals surface area contributed by atoms with Crippen molar-refractivity contribution in [3.05, 3.63) is 91.6 Å². The zero-order valence-electron chi connectivity index (χ0n) is 18.1. The highest BCUT2D eigenvalue weighted by Crippen LogP contribution is 2.32. The van der Waals surface area contributed by atoms with E-state index >= 15 is 0 Å². The van der Waals surface area contributed by atoms with Crippen molar-refractivity contribution in [2.24, 2.45) is 7.05 Å². The minimum absolute atomic E-state index is 0.142. The van der Waals surface area contributed by atoms with E-state index in [2.05, 4.69) is 10.6 Å². The van der Waals surface area contributed by atoms with Gasteiger partial charge in [0.15, 0.2) is 0 Å². The summed E-state index contributed by atoms with van der Waals surface area (Å²) in [5.74, 6) is -1.67. The minimum Gasteiger partial charge on any atom is -0.326 e. The van der Waals surface area contributed by atoms with E-state index in [1.54, 1.807) is 0 Å². The highest BCUT2D eigenvalue weighted by Gasteiger charge is 2.38. The molecule has 0 unspecified atom stereocenters. The van der Waals surface area contributed by atoms with Crippen LogP contribution in [0.3, 0.4) is 0 Å². The molecule has 0 radical (unpaired) electrons. The summed E-state index contributed by atoms with van der Waals surface area (Å²) in [6.45, 7) is 4.04. The largest absolute Gasteiger partial charge is 0.332 e. The SMILES string of the molecule is Cc1ccc(NC(=O)C[C@H]2C(=O)Nc3c2c(=O)n(C)c(=O)n3Cc2ccccc2)c(C)c1. The number of rotatable bonds is 5. The van der Waals surface area contributed by atoms with E-state index in [-0.39, 0.29) is 30.3 Å². The summed E-state index contributed by atoms with van der Waals surface area (Å²) >= 11 is 0. The van der Waals surface area contributed by atoms with Crippen LogP contribution in [0.1, 0.15) is 34.6 Å². The lowest BCUT2D eigenvalue weighted by atomic mass is 9.98. The Morgan fingerprint density at radius 2 is 1.78 bits per heavy atom. The molecule has 0 aliphatic carbocycles. The fraction of sp³-hybridized carbons (Fsp3) is 0.250. The second-order valence-corrected chi connectivity index (χ2v) is 8.09. The maximum Gasteiger partial charge on any atom is 0.332 e. The second-order valence-electron chi connectivity index (χ2n) is 8.09. The Bertz CT molecular complexity index is 1340. The van der Waals surface area contributed by atoms with Gasteiger partial charge >= 0.3 is 5.69 Å². The predicted octanol–water partition coefficient (Wildman–Crippen LogP) is 2.28. The van der Waals surface area contributed by atoms with Gasteiger partial charge in [0.2, 0.25) is 11.8 Å². The quantitative estimate of drug-likeness (QED) is 0.646. The Balaban J connectivity index is 1.67. The molecular formula is C24H24N4O4. The van der Waals surface area contributed by atoms with E-state index in [0.29, 0.717) is 5.69 Å². The van der Waals surface area contributed by atoms with Crippen molar-refractivity contribution in [3.8, 4) is 0 Å². The van der Waals surface area contributed by atoms with Crippen molar-refractivity contribution < 1.29 is 9.59 Å². The summed E-state index contributed by atoms with van der Waals surface area (Å²) in [4.78, 5) is 51.2. The average molecular weight is 432 g/mol. The first kappa shape index (κ1) is 21.3. The van der Waals surface area contributed by atoms with Crippen LogP contribution in [0.25, 0.3) is 0 Å². The van der Waals surface area contributed by atoms with E-state index in [1.807, 2.05) is 62.4 Å². The molecule has 0 saturated heterocycles. The first-order chi connectivity index (χ1) is 15.3. The van der Waals surface area contributed by atoms with Crippen LogP contribution in [-0.2, 0) is 23.2 Å². The molecule has 2 amide bonds. The van der Waals surface area contributed by atoms with Gasteiger partial charge in [-0.2, -0.15) is 0 Å². The van der Waals surface area contributed by atoms with Gasteiger partial charge in [-0.3, -0.25) is 23.5 Å². The van der Waals surface area contributed by atoms with Crippen molar-refractivity contribution in [2.75, 3.05) is 10.6 Å². The number of nitrogens with zero attached hydrogens (tertiary/aromatic N) is 2. The number of nitrogens with one attached hydrogen (secondary N) is 2.